The molecule has 1 amide bonds. The van der Waals surface area contributed by atoms with E-state index in [1.54, 1.807) is 0 Å². The molecule has 0 saturated carbocycles. The van der Waals surface area contributed by atoms with Gasteiger partial charge >= 0.3 is 5.97 Å². The molecule has 0 spiro atoms. The molecule has 10 heteroatoms. The molecule has 2 rings (SSSR count). The van der Waals surface area contributed by atoms with E-state index < -0.39 is 21.7 Å². The van der Waals surface area contributed by atoms with Gasteiger partial charge in [0.1, 0.15) is 11.4 Å². The van der Waals surface area contributed by atoms with E-state index in [0.29, 0.717) is 0 Å². The fraction of sp³-hybridized carbons (Fsp3) is 0.375. The topological polar surface area (TPSA) is 122 Å². The van der Waals surface area contributed by atoms with E-state index >= 15 is 0 Å². The van der Waals surface area contributed by atoms with Gasteiger partial charge in [0.05, 0.1) is 37.8 Å². The minimum absolute atomic E-state index is 0.00257. The highest BCUT2D eigenvalue weighted by atomic mass is 32.2. The number of nitrogens with zero attached hydrogens (tertiary/aromatic N) is 1. The van der Waals surface area contributed by atoms with Gasteiger partial charge in [-0.3, -0.25) is 4.79 Å². The summed E-state index contributed by atoms with van der Waals surface area (Å²) in [7, 11) is -0.938. The molecule has 26 heavy (non-hydrogen) atoms. The number of β-amino-alcohol motifs (C(OH)–C–C–N with tert-alkyl or cyclic N) is 1. The van der Waals surface area contributed by atoms with Crippen molar-refractivity contribution in [2.45, 2.75) is 4.90 Å². The molecule has 2 N–H and O–H groups in total. The average Bonchev–Trinajstić information content (AvgIpc) is 2.90. The lowest BCUT2D eigenvalue weighted by atomic mass is 10.2. The molecule has 0 aromatic heterocycles. The van der Waals surface area contributed by atoms with Crippen molar-refractivity contribution in [1.82, 2.24) is 4.90 Å². The quantitative estimate of drug-likeness (QED) is 0.618. The monoisotopic (exact) mass is 384 g/mol. The van der Waals surface area contributed by atoms with Crippen molar-refractivity contribution in [2.24, 2.45) is 0 Å². The second kappa shape index (κ2) is 7.75. The fourth-order valence-corrected chi connectivity index (χ4v) is 3.14. The molecular formula is C16H20N2O7S. The summed E-state index contributed by atoms with van der Waals surface area (Å²) in [5.41, 5.74) is 0.327. The van der Waals surface area contributed by atoms with E-state index in [-0.39, 0.29) is 47.3 Å². The number of rotatable bonds is 7. The zero-order chi connectivity index (χ0) is 19.5. The van der Waals surface area contributed by atoms with Crippen LogP contribution in [0.5, 0.6) is 5.75 Å². The molecular weight excluding hydrogens is 364 g/mol. The van der Waals surface area contributed by atoms with Crippen molar-refractivity contribution in [2.75, 3.05) is 45.5 Å². The summed E-state index contributed by atoms with van der Waals surface area (Å²) in [6.07, 6.45) is 1.05. The number of hydrogen-bond donors (Lipinski definition) is 2. The summed E-state index contributed by atoms with van der Waals surface area (Å²) in [5.74, 6) is -0.913. The van der Waals surface area contributed by atoms with Gasteiger partial charge in [0, 0.05) is 24.6 Å². The average molecular weight is 384 g/mol. The van der Waals surface area contributed by atoms with Crippen molar-refractivity contribution in [3.8, 4) is 5.75 Å². The van der Waals surface area contributed by atoms with Crippen LogP contribution >= 0.6 is 0 Å². The van der Waals surface area contributed by atoms with Crippen LogP contribution in [0, 0.1) is 0 Å². The van der Waals surface area contributed by atoms with Crippen LogP contribution in [0.1, 0.15) is 0 Å². The lowest BCUT2D eigenvalue weighted by Gasteiger charge is -2.15. The molecule has 1 aromatic carbocycles. The van der Waals surface area contributed by atoms with Gasteiger partial charge in [-0.25, -0.2) is 13.2 Å². The molecule has 9 nitrogen and oxygen atoms in total. The van der Waals surface area contributed by atoms with E-state index in [0.717, 1.165) is 6.26 Å². The van der Waals surface area contributed by atoms with Crippen molar-refractivity contribution in [1.29, 1.82) is 0 Å². The maximum absolute atomic E-state index is 12.5. The number of methoxy groups -OCH3 is 2. The summed E-state index contributed by atoms with van der Waals surface area (Å²) in [4.78, 5) is 25.8. The predicted molar refractivity (Wildman–Crippen MR) is 92.4 cm³/mol. The third kappa shape index (κ3) is 4.14. The van der Waals surface area contributed by atoms with Crippen molar-refractivity contribution in [3.63, 3.8) is 0 Å². The highest BCUT2D eigenvalue weighted by Crippen LogP contribution is 2.28. The summed E-state index contributed by atoms with van der Waals surface area (Å²) >= 11 is 0. The van der Waals surface area contributed by atoms with Gasteiger partial charge in [-0.15, -0.1) is 0 Å². The molecule has 142 valence electrons. The summed E-state index contributed by atoms with van der Waals surface area (Å²) in [6.45, 7) is -0.223. The Hall–Kier alpha value is -2.59. The Morgan fingerprint density at radius 1 is 1.31 bits per heavy atom. The first-order chi connectivity index (χ1) is 12.2. The van der Waals surface area contributed by atoms with Crippen molar-refractivity contribution >= 4 is 27.4 Å². The number of aliphatic hydroxyl groups is 1. The number of sulfone groups is 1. The van der Waals surface area contributed by atoms with Crippen LogP contribution in [-0.2, 0) is 24.2 Å². The smallest absolute Gasteiger partial charge is 0.337 e. The van der Waals surface area contributed by atoms with E-state index in [2.05, 4.69) is 5.32 Å². The molecule has 0 saturated heterocycles. The van der Waals surface area contributed by atoms with Gasteiger partial charge in [-0.1, -0.05) is 0 Å². The molecule has 1 aromatic rings. The molecule has 0 unspecified atom stereocenters. The zero-order valence-corrected chi connectivity index (χ0v) is 15.4. The molecule has 0 radical (unpaired) electrons. The zero-order valence-electron chi connectivity index (χ0n) is 14.6. The number of nitrogens with one attached hydrogen (secondary N) is 1. The molecule has 0 atom stereocenters. The van der Waals surface area contributed by atoms with E-state index in [9.17, 15) is 18.0 Å². The Labute approximate surface area is 151 Å². The third-order valence-corrected chi connectivity index (χ3v) is 4.86. The molecule has 0 bridgehead atoms. The second-order valence-electron chi connectivity index (χ2n) is 5.59. The standard InChI is InChI=1S/C16H20N2O7S/c1-24-11-6-10(7-12(8-11)26(3,22)23)17-14-13(16(21)25-2)9-18(4-5-19)15(14)20/h6-8,17,19H,4-5,9H2,1-3H3. The molecule has 0 aliphatic carbocycles. The van der Waals surface area contributed by atoms with Crippen LogP contribution in [0.25, 0.3) is 0 Å². The van der Waals surface area contributed by atoms with Crippen LogP contribution in [0.3, 0.4) is 0 Å². The van der Waals surface area contributed by atoms with Crippen LogP contribution < -0.4 is 10.1 Å². The first-order valence-corrected chi connectivity index (χ1v) is 9.48. The van der Waals surface area contributed by atoms with Gasteiger partial charge in [-0.2, -0.15) is 0 Å². The number of carbonyl (C=O) groups excluding carboxylic acids is 2. The molecule has 1 heterocycles. The highest BCUT2D eigenvalue weighted by Gasteiger charge is 2.34. The minimum atomic E-state index is -3.52. The Kier molecular flexibility index (Phi) is 5.88. The van der Waals surface area contributed by atoms with Gasteiger partial charge in [0.25, 0.3) is 5.91 Å². The molecule has 1 aliphatic heterocycles. The first kappa shape index (κ1) is 19.7. The lowest BCUT2D eigenvalue weighted by Crippen LogP contribution is -2.31. The number of aliphatic hydroxyl groups excluding tert-OH is 1. The Morgan fingerprint density at radius 2 is 2.00 bits per heavy atom. The SMILES string of the molecule is COC(=O)C1=C(Nc2cc(OC)cc(S(C)(=O)=O)c2)C(=O)N(CCO)C1. The van der Waals surface area contributed by atoms with Crippen LogP contribution in [0.2, 0.25) is 0 Å². The van der Waals surface area contributed by atoms with Gasteiger partial charge in [-0.05, 0) is 12.1 Å². The normalized spacial score (nSPS) is 14.6. The number of ether oxygens (including phenoxy) is 2. The van der Waals surface area contributed by atoms with E-state index in [1.165, 1.54) is 37.3 Å². The highest BCUT2D eigenvalue weighted by molar-refractivity contribution is 7.90. The largest absolute Gasteiger partial charge is 0.497 e. The van der Waals surface area contributed by atoms with Crippen molar-refractivity contribution < 1.29 is 32.6 Å². The summed E-state index contributed by atoms with van der Waals surface area (Å²) < 4.78 is 33.5. The van der Waals surface area contributed by atoms with E-state index in [4.69, 9.17) is 14.6 Å². The van der Waals surface area contributed by atoms with Gasteiger partial charge < -0.3 is 24.8 Å². The number of esters is 1. The number of hydrogen-bond acceptors (Lipinski definition) is 8. The van der Waals surface area contributed by atoms with E-state index in [1.807, 2.05) is 0 Å². The third-order valence-electron chi connectivity index (χ3n) is 3.77. The van der Waals surface area contributed by atoms with Gasteiger partial charge in [0.2, 0.25) is 0 Å². The van der Waals surface area contributed by atoms with Crippen LogP contribution in [0.15, 0.2) is 34.4 Å². The number of amides is 1. The molecule has 0 fully saturated rings. The summed E-state index contributed by atoms with van der Waals surface area (Å²) in [6, 6.07) is 4.19. The Balaban J connectivity index is 2.46. The minimum Gasteiger partial charge on any atom is -0.497 e. The number of benzene rings is 1. The predicted octanol–water partition coefficient (Wildman–Crippen LogP) is -0.228. The first-order valence-electron chi connectivity index (χ1n) is 7.59. The van der Waals surface area contributed by atoms with Gasteiger partial charge in [0.15, 0.2) is 9.84 Å². The molecule has 1 aliphatic rings. The van der Waals surface area contributed by atoms with Crippen LogP contribution in [-0.4, -0.2) is 70.5 Å². The lowest BCUT2D eigenvalue weighted by molar-refractivity contribution is -0.136. The van der Waals surface area contributed by atoms with Crippen LogP contribution in [0.4, 0.5) is 5.69 Å². The number of carbonyl (C=O) groups is 2. The van der Waals surface area contributed by atoms with Crippen molar-refractivity contribution in [3.05, 3.63) is 29.5 Å². The fourth-order valence-electron chi connectivity index (χ4n) is 2.47. The maximum Gasteiger partial charge on any atom is 0.337 e. The Morgan fingerprint density at radius 3 is 2.54 bits per heavy atom. The number of anilines is 1. The Bertz CT molecular complexity index is 861. The maximum atomic E-state index is 12.5. The second-order valence-corrected chi connectivity index (χ2v) is 7.61. The summed E-state index contributed by atoms with van der Waals surface area (Å²) in [5, 5.41) is 11.9.